The van der Waals surface area contributed by atoms with E-state index < -0.39 is 0 Å². The van der Waals surface area contributed by atoms with Crippen LogP contribution < -0.4 is 14.9 Å². The quantitative estimate of drug-likeness (QED) is 0.588. The first-order valence-electron chi connectivity index (χ1n) is 6.70. The predicted molar refractivity (Wildman–Crippen MR) is 78.2 cm³/mol. The van der Waals surface area contributed by atoms with Crippen LogP contribution >= 0.6 is 0 Å². The maximum atomic E-state index is 11.7. The number of fused-ring (bicyclic) bond motifs is 1. The minimum Gasteiger partial charge on any atom is -0.733 e. The monoisotopic (exact) mass is 281 g/mol. The molecule has 0 N–H and O–H groups in total. The molecule has 1 aromatic carbocycles. The molecule has 0 radical (unpaired) electrons. The minimum absolute atomic E-state index is 0.508. The number of benzene rings is 1. The largest absolute Gasteiger partial charge is 0.733 e. The van der Waals surface area contributed by atoms with Crippen molar-refractivity contribution >= 4 is 11.4 Å². The number of aryl methyl sites for hydroxylation is 1. The van der Waals surface area contributed by atoms with Crippen LogP contribution in [0.3, 0.4) is 0 Å². The molecule has 20 heavy (non-hydrogen) atoms. The number of rotatable bonds is 6. The highest BCUT2D eigenvalue weighted by Crippen LogP contribution is 2.37. The molecule has 0 amide bonds. The van der Waals surface area contributed by atoms with Crippen molar-refractivity contribution in [1.82, 2.24) is 0 Å². The van der Waals surface area contributed by atoms with Gasteiger partial charge in [0.2, 0.25) is 0 Å². The van der Waals surface area contributed by atoms with Crippen molar-refractivity contribution in [3.63, 3.8) is 0 Å². The molecule has 112 valence electrons. The van der Waals surface area contributed by atoms with Crippen LogP contribution in [0.2, 0.25) is 0 Å². The Hall–Kier alpha value is -1.50. The van der Waals surface area contributed by atoms with Crippen LogP contribution in [-0.4, -0.2) is 40.5 Å². The summed E-state index contributed by atoms with van der Waals surface area (Å²) >= 11 is 0. The van der Waals surface area contributed by atoms with Gasteiger partial charge >= 0.3 is 0 Å². The van der Waals surface area contributed by atoms with Gasteiger partial charge in [0.25, 0.3) is 0 Å². The zero-order valence-corrected chi connectivity index (χ0v) is 12.2. The van der Waals surface area contributed by atoms with Gasteiger partial charge in [-0.15, -0.1) is 0 Å². The van der Waals surface area contributed by atoms with E-state index in [2.05, 4.69) is 4.90 Å². The molecule has 1 heterocycles. The van der Waals surface area contributed by atoms with E-state index in [9.17, 15) is 5.21 Å². The molecular weight excluding hydrogens is 260 g/mol. The Bertz CT molecular complexity index is 453. The van der Waals surface area contributed by atoms with E-state index in [0.29, 0.717) is 17.5 Å². The highest BCUT2D eigenvalue weighted by molar-refractivity contribution is 5.70. The molecule has 6 heteroatoms. The Morgan fingerprint density at radius 3 is 2.90 bits per heavy atom. The van der Waals surface area contributed by atoms with E-state index in [4.69, 9.17) is 14.3 Å². The highest BCUT2D eigenvalue weighted by Gasteiger charge is 2.20. The zero-order valence-electron chi connectivity index (χ0n) is 12.2. The van der Waals surface area contributed by atoms with E-state index in [-0.39, 0.29) is 0 Å². The summed E-state index contributed by atoms with van der Waals surface area (Å²) in [6.07, 6.45) is 0.935. The Balaban J connectivity index is 2.24. The molecule has 2 rings (SSSR count). The fourth-order valence-corrected chi connectivity index (χ4v) is 2.34. The Labute approximate surface area is 119 Å². The van der Waals surface area contributed by atoms with Crippen LogP contribution in [0.4, 0.5) is 11.4 Å². The third-order valence-electron chi connectivity index (χ3n) is 3.38. The normalized spacial score (nSPS) is 13.9. The third-order valence-corrected chi connectivity index (χ3v) is 3.38. The van der Waals surface area contributed by atoms with Crippen molar-refractivity contribution in [2.24, 2.45) is 0 Å². The predicted octanol–water partition coefficient (Wildman–Crippen LogP) is 2.10. The summed E-state index contributed by atoms with van der Waals surface area (Å²) in [7, 11) is 3.06. The van der Waals surface area contributed by atoms with Crippen molar-refractivity contribution in [3.05, 3.63) is 22.9 Å². The molecule has 0 aromatic heterocycles. The summed E-state index contributed by atoms with van der Waals surface area (Å²) in [5, 5.41) is 12.2. The maximum Gasteiger partial charge on any atom is 0.143 e. The zero-order chi connectivity index (χ0) is 14.5. The first kappa shape index (κ1) is 14.9. The number of nitrogens with zero attached hydrogens (tertiary/aromatic N) is 2. The lowest BCUT2D eigenvalue weighted by atomic mass is 10.1. The van der Waals surface area contributed by atoms with Crippen molar-refractivity contribution in [2.45, 2.75) is 13.3 Å². The first-order valence-corrected chi connectivity index (χ1v) is 6.70. The van der Waals surface area contributed by atoms with Crippen LogP contribution in [0.15, 0.2) is 12.1 Å². The summed E-state index contributed by atoms with van der Waals surface area (Å²) in [5.41, 5.74) is 2.28. The Morgan fingerprint density at radius 2 is 2.20 bits per heavy atom. The number of hydrogen-bond donors (Lipinski definition) is 0. The van der Waals surface area contributed by atoms with E-state index in [0.717, 1.165) is 43.1 Å². The molecular formula is C14H21N2O4-. The molecule has 1 aliphatic heterocycles. The van der Waals surface area contributed by atoms with Gasteiger partial charge in [-0.3, -0.25) is 4.84 Å². The second-order valence-corrected chi connectivity index (χ2v) is 4.73. The lowest BCUT2D eigenvalue weighted by molar-refractivity contribution is 0.194. The van der Waals surface area contributed by atoms with Crippen molar-refractivity contribution in [2.75, 3.05) is 50.6 Å². The van der Waals surface area contributed by atoms with E-state index in [1.165, 1.54) is 7.11 Å². The van der Waals surface area contributed by atoms with Crippen LogP contribution in [0.1, 0.15) is 12.0 Å². The molecule has 0 spiro atoms. The van der Waals surface area contributed by atoms with Crippen molar-refractivity contribution in [1.29, 1.82) is 0 Å². The van der Waals surface area contributed by atoms with Gasteiger partial charge < -0.3 is 24.8 Å². The number of anilines is 2. The fraction of sp³-hybridized carbons (Fsp3) is 0.571. The molecule has 0 bridgehead atoms. The Morgan fingerprint density at radius 1 is 1.40 bits per heavy atom. The minimum atomic E-state index is 0.508. The number of methoxy groups -OCH3 is 1. The summed E-state index contributed by atoms with van der Waals surface area (Å²) in [5.74, 6) is 0.819. The molecule has 1 aromatic rings. The molecule has 0 saturated heterocycles. The van der Waals surface area contributed by atoms with Gasteiger partial charge in [-0.05, 0) is 31.0 Å². The van der Waals surface area contributed by atoms with Crippen LogP contribution in [0, 0.1) is 12.1 Å². The standard InChI is InChI=1S/C14H21N2O4/c1-11-9-14-13(10-12(11)16(17)19-3)15(6-8-20-14)5-4-7-18-2/h9-10H,4-8H2,1-3H3/q-1. The van der Waals surface area contributed by atoms with Crippen molar-refractivity contribution in [3.8, 4) is 5.75 Å². The van der Waals surface area contributed by atoms with Gasteiger partial charge in [-0.25, -0.2) is 0 Å². The summed E-state index contributed by atoms with van der Waals surface area (Å²) in [4.78, 5) is 6.95. The number of ether oxygens (including phenoxy) is 2. The molecule has 0 aliphatic carbocycles. The topological polar surface area (TPSA) is 57.2 Å². The molecule has 0 fully saturated rings. The smallest absolute Gasteiger partial charge is 0.143 e. The molecule has 0 unspecified atom stereocenters. The lowest BCUT2D eigenvalue weighted by Gasteiger charge is -2.35. The molecule has 0 saturated carbocycles. The van der Waals surface area contributed by atoms with Crippen LogP contribution in [0.5, 0.6) is 5.75 Å². The van der Waals surface area contributed by atoms with Gasteiger partial charge in [0, 0.05) is 20.3 Å². The fourth-order valence-electron chi connectivity index (χ4n) is 2.34. The van der Waals surface area contributed by atoms with Gasteiger partial charge in [0.1, 0.15) is 12.4 Å². The highest BCUT2D eigenvalue weighted by atomic mass is 16.9. The lowest BCUT2D eigenvalue weighted by Crippen LogP contribution is -2.34. The van der Waals surface area contributed by atoms with E-state index >= 15 is 0 Å². The number of hydrogen-bond acceptors (Lipinski definition) is 6. The van der Waals surface area contributed by atoms with E-state index in [1.54, 1.807) is 7.11 Å². The summed E-state index contributed by atoms with van der Waals surface area (Å²) < 4.78 is 10.8. The van der Waals surface area contributed by atoms with Gasteiger partial charge in [-0.2, -0.15) is 0 Å². The van der Waals surface area contributed by atoms with E-state index in [1.807, 2.05) is 19.1 Å². The van der Waals surface area contributed by atoms with Gasteiger partial charge in [0.05, 0.1) is 25.0 Å². The van der Waals surface area contributed by atoms with Crippen molar-refractivity contribution < 1.29 is 14.3 Å². The molecule has 1 aliphatic rings. The SMILES string of the molecule is COCCCN1CCOc2cc(C)c(N([O-])OC)cc21. The third kappa shape index (κ3) is 3.15. The Kier molecular flexibility index (Phi) is 5.05. The average Bonchev–Trinajstić information content (AvgIpc) is 2.46. The second kappa shape index (κ2) is 6.78. The van der Waals surface area contributed by atoms with Gasteiger partial charge in [0.15, 0.2) is 0 Å². The molecule has 0 atom stereocenters. The first-order chi connectivity index (χ1) is 9.67. The van der Waals surface area contributed by atoms with Gasteiger partial charge in [-0.1, -0.05) is 0 Å². The summed E-state index contributed by atoms with van der Waals surface area (Å²) in [6.45, 7) is 4.93. The van der Waals surface area contributed by atoms with Crippen LogP contribution in [0.25, 0.3) is 0 Å². The molecule has 6 nitrogen and oxygen atoms in total. The maximum absolute atomic E-state index is 11.7. The second-order valence-electron chi connectivity index (χ2n) is 4.73. The summed E-state index contributed by atoms with van der Waals surface area (Å²) in [6, 6.07) is 3.71. The average molecular weight is 281 g/mol. The van der Waals surface area contributed by atoms with Crippen LogP contribution in [-0.2, 0) is 9.57 Å².